The summed E-state index contributed by atoms with van der Waals surface area (Å²) in [6.07, 6.45) is 4.13. The predicted octanol–water partition coefficient (Wildman–Crippen LogP) is 12.6. The SMILES string of the molecule is COc1ccc(-c2nc(CN3CCN(Cc4cc5c6ccccc6n(CCCc6ccccc6)c5c(-c5ccc(OC)cc5)n4)CC3)cc3c4ccccc4n(CCCc4ccccc4)c23)cc1. The van der Waals surface area contributed by atoms with Gasteiger partial charge in [0.1, 0.15) is 11.5 Å². The van der Waals surface area contributed by atoms with Gasteiger partial charge in [0.15, 0.2) is 0 Å². The van der Waals surface area contributed by atoms with Gasteiger partial charge in [-0.1, -0.05) is 97.1 Å². The third kappa shape index (κ3) is 8.85. The highest BCUT2D eigenvalue weighted by molar-refractivity contribution is 6.13. The molecule has 340 valence electrons. The molecule has 1 aliphatic rings. The number of methoxy groups -OCH3 is 2. The molecule has 10 aromatic rings. The first kappa shape index (κ1) is 43.3. The van der Waals surface area contributed by atoms with E-state index in [1.54, 1.807) is 14.2 Å². The first-order chi connectivity index (χ1) is 33.6. The number of ether oxygens (including phenoxy) is 2. The number of pyridine rings is 2. The van der Waals surface area contributed by atoms with Crippen molar-refractivity contribution in [3.8, 4) is 34.0 Å². The number of para-hydroxylation sites is 2. The molecule has 8 heteroatoms. The average Bonchev–Trinajstić information content (AvgIpc) is 3.89. The van der Waals surface area contributed by atoms with E-state index in [0.29, 0.717) is 0 Å². The second kappa shape index (κ2) is 19.5. The molecule has 5 heterocycles. The first-order valence-electron chi connectivity index (χ1n) is 24.2. The molecule has 0 spiro atoms. The van der Waals surface area contributed by atoms with Crippen LogP contribution in [0, 0.1) is 0 Å². The van der Waals surface area contributed by atoms with Crippen LogP contribution < -0.4 is 9.47 Å². The monoisotopic (exact) mass is 894 g/mol. The molecule has 8 nitrogen and oxygen atoms in total. The number of hydrogen-bond donors (Lipinski definition) is 0. The molecule has 1 aliphatic heterocycles. The molecule has 1 fully saturated rings. The molecule has 0 saturated carbocycles. The van der Waals surface area contributed by atoms with Gasteiger partial charge in [-0.2, -0.15) is 0 Å². The third-order valence-corrected chi connectivity index (χ3v) is 13.9. The molecule has 68 heavy (non-hydrogen) atoms. The zero-order valence-electron chi connectivity index (χ0n) is 39.2. The zero-order chi connectivity index (χ0) is 45.8. The summed E-state index contributed by atoms with van der Waals surface area (Å²) in [7, 11) is 3.44. The van der Waals surface area contributed by atoms with Crippen LogP contribution in [-0.4, -0.2) is 69.3 Å². The summed E-state index contributed by atoms with van der Waals surface area (Å²) >= 11 is 0. The fourth-order valence-electron chi connectivity index (χ4n) is 10.5. The van der Waals surface area contributed by atoms with E-state index >= 15 is 0 Å². The number of aryl methyl sites for hydroxylation is 4. The van der Waals surface area contributed by atoms with Crippen LogP contribution in [0.4, 0.5) is 0 Å². The van der Waals surface area contributed by atoms with Crippen LogP contribution in [0.2, 0.25) is 0 Å². The maximum absolute atomic E-state index is 5.58. The molecule has 0 atom stereocenters. The van der Waals surface area contributed by atoms with Gasteiger partial charge in [0, 0.05) is 96.1 Å². The number of piperazine rings is 1. The lowest BCUT2D eigenvalue weighted by atomic mass is 10.1. The summed E-state index contributed by atoms with van der Waals surface area (Å²) in [5.74, 6) is 1.69. The second-order valence-electron chi connectivity index (χ2n) is 18.2. The van der Waals surface area contributed by atoms with Gasteiger partial charge in [0.2, 0.25) is 0 Å². The van der Waals surface area contributed by atoms with Crippen LogP contribution in [-0.2, 0) is 39.0 Å². The summed E-state index contributed by atoms with van der Waals surface area (Å²) in [6, 6.07) is 61.0. The summed E-state index contributed by atoms with van der Waals surface area (Å²) in [4.78, 5) is 16.2. The highest BCUT2D eigenvalue weighted by Gasteiger charge is 2.24. The van der Waals surface area contributed by atoms with Gasteiger partial charge < -0.3 is 18.6 Å². The average molecular weight is 895 g/mol. The number of benzene rings is 6. The van der Waals surface area contributed by atoms with Crippen LogP contribution in [0.3, 0.4) is 0 Å². The molecular formula is C60H58N6O2. The topological polar surface area (TPSA) is 60.6 Å². The number of rotatable bonds is 16. The standard InChI is InChI=1S/C60H58N6O2/c1-67-49-29-25-45(26-30-49)57-59-53(51-21-9-11-23-55(51)65(59)33-13-19-43-15-5-3-6-16-43)39-47(61-57)41-63-35-37-64(38-36-63)42-48-40-54-52-22-10-12-24-56(52)66(34-14-20-44-17-7-4-8-18-44)60(54)58(62-48)46-27-31-50(68-2)32-28-46/h3-12,15-18,21-32,39-40H,13-14,19-20,33-38,41-42H2,1-2H3. The van der Waals surface area contributed by atoms with E-state index in [9.17, 15) is 0 Å². The highest BCUT2D eigenvalue weighted by atomic mass is 16.5. The summed E-state index contributed by atoms with van der Waals surface area (Å²) < 4.78 is 16.2. The molecule has 0 aliphatic carbocycles. The van der Waals surface area contributed by atoms with Gasteiger partial charge in [-0.05, 0) is 110 Å². The molecule has 0 bridgehead atoms. The molecule has 0 unspecified atom stereocenters. The van der Waals surface area contributed by atoms with Gasteiger partial charge in [-0.25, -0.2) is 9.97 Å². The summed E-state index contributed by atoms with van der Waals surface area (Å²) in [5, 5.41) is 5.08. The van der Waals surface area contributed by atoms with Gasteiger partial charge in [-0.3, -0.25) is 9.80 Å². The van der Waals surface area contributed by atoms with Crippen molar-refractivity contribution in [3.05, 3.63) is 192 Å². The Morgan fingerprint density at radius 1 is 0.426 bits per heavy atom. The Labute approximate surface area is 399 Å². The van der Waals surface area contributed by atoms with Crippen LogP contribution >= 0.6 is 0 Å². The highest BCUT2D eigenvalue weighted by Crippen LogP contribution is 2.39. The Morgan fingerprint density at radius 3 is 1.21 bits per heavy atom. The van der Waals surface area contributed by atoms with E-state index < -0.39 is 0 Å². The van der Waals surface area contributed by atoms with Crippen molar-refractivity contribution in [1.82, 2.24) is 28.9 Å². The molecule has 0 amide bonds. The maximum atomic E-state index is 5.58. The molecule has 0 radical (unpaired) electrons. The Balaban J connectivity index is 0.869. The minimum Gasteiger partial charge on any atom is -0.497 e. The normalized spacial score (nSPS) is 13.6. The smallest absolute Gasteiger partial charge is 0.118 e. The van der Waals surface area contributed by atoms with E-state index in [1.807, 2.05) is 0 Å². The van der Waals surface area contributed by atoms with E-state index in [1.165, 1.54) is 54.7 Å². The molecule has 11 rings (SSSR count). The van der Waals surface area contributed by atoms with E-state index in [2.05, 4.69) is 189 Å². The van der Waals surface area contributed by atoms with E-state index in [-0.39, 0.29) is 0 Å². The summed E-state index contributed by atoms with van der Waals surface area (Å²) in [6.45, 7) is 7.20. The molecule has 6 aromatic carbocycles. The number of nitrogens with zero attached hydrogens (tertiary/aromatic N) is 6. The fraction of sp³-hybridized carbons (Fsp3) is 0.233. The molecular weight excluding hydrogens is 837 g/mol. The first-order valence-corrected chi connectivity index (χ1v) is 24.2. The molecule has 4 aromatic heterocycles. The number of fused-ring (bicyclic) bond motifs is 6. The largest absolute Gasteiger partial charge is 0.497 e. The van der Waals surface area contributed by atoms with Crippen LogP contribution in [0.25, 0.3) is 66.1 Å². The Hall–Kier alpha value is -7.26. The minimum atomic E-state index is 0.788. The maximum Gasteiger partial charge on any atom is 0.118 e. The predicted molar refractivity (Wildman–Crippen MR) is 279 cm³/mol. The van der Waals surface area contributed by atoms with Crippen LogP contribution in [0.1, 0.15) is 35.4 Å². The van der Waals surface area contributed by atoms with Crippen LogP contribution in [0.15, 0.2) is 170 Å². The number of aromatic nitrogens is 4. The van der Waals surface area contributed by atoms with Gasteiger partial charge in [0.05, 0.1) is 48.0 Å². The van der Waals surface area contributed by atoms with Crippen LogP contribution in [0.5, 0.6) is 11.5 Å². The molecule has 0 N–H and O–H groups in total. The van der Waals surface area contributed by atoms with Crippen molar-refractivity contribution in [2.75, 3.05) is 40.4 Å². The third-order valence-electron chi connectivity index (χ3n) is 13.9. The zero-order valence-corrected chi connectivity index (χ0v) is 39.2. The van der Waals surface area contributed by atoms with Gasteiger partial charge in [0.25, 0.3) is 0 Å². The molecule has 1 saturated heterocycles. The van der Waals surface area contributed by atoms with E-state index in [4.69, 9.17) is 19.4 Å². The summed E-state index contributed by atoms with van der Waals surface area (Å²) in [5.41, 5.74) is 14.1. The van der Waals surface area contributed by atoms with Crippen molar-refractivity contribution in [2.45, 2.75) is 51.9 Å². The van der Waals surface area contributed by atoms with Crippen molar-refractivity contribution in [3.63, 3.8) is 0 Å². The van der Waals surface area contributed by atoms with Gasteiger partial charge >= 0.3 is 0 Å². The Morgan fingerprint density at radius 2 is 0.809 bits per heavy atom. The van der Waals surface area contributed by atoms with Gasteiger partial charge in [-0.15, -0.1) is 0 Å². The fourth-order valence-corrected chi connectivity index (χ4v) is 10.5. The Bertz CT molecular complexity index is 3090. The van der Waals surface area contributed by atoms with Crippen molar-refractivity contribution >= 4 is 43.6 Å². The minimum absolute atomic E-state index is 0.788. The lowest BCUT2D eigenvalue weighted by Crippen LogP contribution is -2.45. The van der Waals surface area contributed by atoms with Crippen molar-refractivity contribution in [1.29, 1.82) is 0 Å². The van der Waals surface area contributed by atoms with Crippen molar-refractivity contribution in [2.24, 2.45) is 0 Å². The number of hydrogen-bond acceptors (Lipinski definition) is 6. The second-order valence-corrected chi connectivity index (χ2v) is 18.2. The lowest BCUT2D eigenvalue weighted by Gasteiger charge is -2.34. The lowest BCUT2D eigenvalue weighted by molar-refractivity contribution is 0.120. The van der Waals surface area contributed by atoms with E-state index in [0.717, 1.165) is 123 Å². The Kier molecular flexibility index (Phi) is 12.4. The quantitative estimate of drug-likeness (QED) is 0.0963. The van der Waals surface area contributed by atoms with Crippen molar-refractivity contribution < 1.29 is 9.47 Å².